The monoisotopic (exact) mass is 535 g/mol. The lowest BCUT2D eigenvalue weighted by atomic mass is 9.83. The molecule has 0 radical (unpaired) electrons. The Balaban J connectivity index is 1.51. The number of H-pyrrole nitrogens is 1. The molecule has 0 aliphatic carbocycles. The Morgan fingerprint density at radius 2 is 1.18 bits per heavy atom. The lowest BCUT2D eigenvalue weighted by molar-refractivity contribution is 0.478. The van der Waals surface area contributed by atoms with Gasteiger partial charge in [0.1, 0.15) is 5.75 Å². The number of halogens is 1. The zero-order chi connectivity index (χ0) is 27.1. The van der Waals surface area contributed by atoms with Crippen LogP contribution < -0.4 is 0 Å². The van der Waals surface area contributed by atoms with E-state index < -0.39 is 0 Å². The standard InChI is InChI=1S/C37H26ClNO/c38-29-19-15-24(16-20-29)27-17-21-30-28(23-27)18-22-33(40)35(30)36-31-13-7-8-14-32(31)39-37(36)34(25-9-3-1-4-10-25)26-11-5-2-6-12-26/h1-23,34,39-40H. The summed E-state index contributed by atoms with van der Waals surface area (Å²) in [6, 6.07) is 47.6. The van der Waals surface area contributed by atoms with Crippen LogP contribution in [0.5, 0.6) is 5.75 Å². The van der Waals surface area contributed by atoms with Crippen LogP contribution in [0.2, 0.25) is 5.02 Å². The summed E-state index contributed by atoms with van der Waals surface area (Å²) < 4.78 is 0. The van der Waals surface area contributed by atoms with Gasteiger partial charge in [-0.3, -0.25) is 0 Å². The number of aromatic nitrogens is 1. The summed E-state index contributed by atoms with van der Waals surface area (Å²) in [4.78, 5) is 3.77. The number of hydrogen-bond donors (Lipinski definition) is 2. The molecule has 0 aliphatic heterocycles. The Morgan fingerprint density at radius 1 is 0.550 bits per heavy atom. The minimum absolute atomic E-state index is 0.0483. The van der Waals surface area contributed by atoms with E-state index in [4.69, 9.17) is 11.6 Å². The van der Waals surface area contributed by atoms with Crippen molar-refractivity contribution < 1.29 is 5.11 Å². The van der Waals surface area contributed by atoms with Crippen molar-refractivity contribution in [3.05, 3.63) is 161 Å². The predicted octanol–water partition coefficient (Wildman–Crippen LogP) is 10.2. The SMILES string of the molecule is Oc1ccc2cc(-c3ccc(Cl)cc3)ccc2c1-c1c(C(c2ccccc2)c2ccccc2)[nH]c2ccccc12. The normalized spacial score (nSPS) is 11.4. The molecule has 0 amide bonds. The molecule has 40 heavy (non-hydrogen) atoms. The number of aromatic hydroxyl groups is 1. The maximum absolute atomic E-state index is 11.5. The molecule has 2 N–H and O–H groups in total. The summed E-state index contributed by atoms with van der Waals surface area (Å²) in [5.41, 5.74) is 8.53. The summed E-state index contributed by atoms with van der Waals surface area (Å²) in [6.07, 6.45) is 0. The molecule has 7 aromatic rings. The van der Waals surface area contributed by atoms with Crippen LogP contribution in [-0.2, 0) is 0 Å². The lowest BCUT2D eigenvalue weighted by Crippen LogP contribution is -2.05. The molecule has 1 heterocycles. The molecule has 0 aliphatic rings. The number of benzene rings is 6. The lowest BCUT2D eigenvalue weighted by Gasteiger charge is -2.21. The molecule has 7 rings (SSSR count). The molecule has 0 unspecified atom stereocenters. The first kappa shape index (κ1) is 24.3. The Hall–Kier alpha value is -4.79. The fourth-order valence-corrected chi connectivity index (χ4v) is 5.99. The first-order valence-corrected chi connectivity index (χ1v) is 13.8. The summed E-state index contributed by atoms with van der Waals surface area (Å²) in [6.45, 7) is 0. The molecule has 192 valence electrons. The summed E-state index contributed by atoms with van der Waals surface area (Å²) >= 11 is 6.14. The zero-order valence-corrected chi connectivity index (χ0v) is 22.4. The van der Waals surface area contributed by atoms with Crippen LogP contribution >= 0.6 is 11.6 Å². The van der Waals surface area contributed by atoms with Crippen LogP contribution in [-0.4, -0.2) is 10.1 Å². The molecule has 3 heteroatoms. The molecule has 1 aromatic heterocycles. The predicted molar refractivity (Wildman–Crippen MR) is 167 cm³/mol. The van der Waals surface area contributed by atoms with Crippen LogP contribution in [0, 0.1) is 0 Å². The van der Waals surface area contributed by atoms with E-state index in [9.17, 15) is 5.11 Å². The largest absolute Gasteiger partial charge is 0.507 e. The third kappa shape index (κ3) is 4.23. The van der Waals surface area contributed by atoms with E-state index in [0.29, 0.717) is 0 Å². The fourth-order valence-electron chi connectivity index (χ4n) is 5.87. The number of nitrogens with one attached hydrogen (secondary N) is 1. The number of aromatic amines is 1. The quantitative estimate of drug-likeness (QED) is 0.226. The Bertz CT molecular complexity index is 1920. The van der Waals surface area contributed by atoms with Gasteiger partial charge in [0, 0.05) is 38.7 Å². The number of phenolic OH excluding ortho intramolecular Hbond substituents is 1. The van der Waals surface area contributed by atoms with Crippen molar-refractivity contribution in [2.75, 3.05) is 0 Å². The van der Waals surface area contributed by atoms with E-state index >= 15 is 0 Å². The summed E-state index contributed by atoms with van der Waals surface area (Å²) in [5.74, 6) is 0.213. The summed E-state index contributed by atoms with van der Waals surface area (Å²) in [7, 11) is 0. The van der Waals surface area contributed by atoms with Gasteiger partial charge in [-0.1, -0.05) is 121 Å². The van der Waals surface area contributed by atoms with Crippen LogP contribution in [0.15, 0.2) is 140 Å². The molecule has 2 nitrogen and oxygen atoms in total. The van der Waals surface area contributed by atoms with Crippen molar-refractivity contribution in [2.45, 2.75) is 5.92 Å². The summed E-state index contributed by atoms with van der Waals surface area (Å²) in [5, 5.41) is 15.3. The van der Waals surface area contributed by atoms with Gasteiger partial charge >= 0.3 is 0 Å². The van der Waals surface area contributed by atoms with Crippen LogP contribution in [0.1, 0.15) is 22.7 Å². The highest BCUT2D eigenvalue weighted by atomic mass is 35.5. The van der Waals surface area contributed by atoms with Crippen LogP contribution in [0.3, 0.4) is 0 Å². The van der Waals surface area contributed by atoms with E-state index in [0.717, 1.165) is 54.6 Å². The molecule has 0 saturated heterocycles. The third-order valence-corrected chi connectivity index (χ3v) is 7.97. The second-order valence-electron chi connectivity index (χ2n) is 10.1. The molecular formula is C37H26ClNO. The van der Waals surface area contributed by atoms with Gasteiger partial charge in [0.15, 0.2) is 0 Å². The number of phenols is 1. The van der Waals surface area contributed by atoms with E-state index in [1.54, 1.807) is 0 Å². The molecule has 0 fully saturated rings. The van der Waals surface area contributed by atoms with Crippen molar-refractivity contribution in [2.24, 2.45) is 0 Å². The maximum atomic E-state index is 11.5. The number of fused-ring (bicyclic) bond motifs is 2. The van der Waals surface area contributed by atoms with Gasteiger partial charge in [0.05, 0.1) is 0 Å². The molecule has 6 aromatic carbocycles. The van der Waals surface area contributed by atoms with E-state index in [-0.39, 0.29) is 11.7 Å². The number of para-hydroxylation sites is 1. The zero-order valence-electron chi connectivity index (χ0n) is 21.7. The van der Waals surface area contributed by atoms with Crippen LogP contribution in [0.25, 0.3) is 43.9 Å². The van der Waals surface area contributed by atoms with Gasteiger partial charge < -0.3 is 10.1 Å². The second-order valence-corrected chi connectivity index (χ2v) is 10.6. The molecular weight excluding hydrogens is 510 g/mol. The topological polar surface area (TPSA) is 36.0 Å². The van der Waals surface area contributed by atoms with Crippen molar-refractivity contribution >= 4 is 33.3 Å². The van der Waals surface area contributed by atoms with Gasteiger partial charge in [-0.05, 0) is 63.4 Å². The van der Waals surface area contributed by atoms with Crippen molar-refractivity contribution in [3.63, 3.8) is 0 Å². The van der Waals surface area contributed by atoms with E-state index in [1.807, 2.05) is 54.6 Å². The van der Waals surface area contributed by atoms with Gasteiger partial charge in [0.25, 0.3) is 0 Å². The van der Waals surface area contributed by atoms with E-state index in [2.05, 4.69) is 89.9 Å². The Labute approximate surface area is 238 Å². The van der Waals surface area contributed by atoms with Crippen molar-refractivity contribution in [1.82, 2.24) is 4.98 Å². The average Bonchev–Trinajstić information content (AvgIpc) is 3.37. The smallest absolute Gasteiger partial charge is 0.124 e. The van der Waals surface area contributed by atoms with Crippen molar-refractivity contribution in [1.29, 1.82) is 0 Å². The minimum Gasteiger partial charge on any atom is -0.507 e. The maximum Gasteiger partial charge on any atom is 0.124 e. The van der Waals surface area contributed by atoms with Gasteiger partial charge in [0.2, 0.25) is 0 Å². The second kappa shape index (κ2) is 10.1. The highest BCUT2D eigenvalue weighted by Gasteiger charge is 2.26. The number of hydrogen-bond acceptors (Lipinski definition) is 1. The van der Waals surface area contributed by atoms with E-state index in [1.165, 1.54) is 11.1 Å². The minimum atomic E-state index is -0.0483. The Morgan fingerprint density at radius 3 is 1.88 bits per heavy atom. The average molecular weight is 536 g/mol. The molecule has 0 spiro atoms. The third-order valence-electron chi connectivity index (χ3n) is 7.71. The fraction of sp³-hybridized carbons (Fsp3) is 0.0270. The molecule has 0 atom stereocenters. The first-order valence-electron chi connectivity index (χ1n) is 13.4. The van der Waals surface area contributed by atoms with Gasteiger partial charge in [-0.2, -0.15) is 0 Å². The van der Waals surface area contributed by atoms with Gasteiger partial charge in [-0.25, -0.2) is 0 Å². The highest BCUT2D eigenvalue weighted by Crippen LogP contribution is 2.47. The van der Waals surface area contributed by atoms with Crippen molar-refractivity contribution in [3.8, 4) is 28.0 Å². The Kier molecular flexibility index (Phi) is 6.11. The number of rotatable bonds is 5. The molecule has 0 saturated carbocycles. The molecule has 0 bridgehead atoms. The van der Waals surface area contributed by atoms with Gasteiger partial charge in [-0.15, -0.1) is 0 Å². The highest BCUT2D eigenvalue weighted by molar-refractivity contribution is 6.30. The first-order chi connectivity index (χ1) is 19.7. The van der Waals surface area contributed by atoms with Crippen LogP contribution in [0.4, 0.5) is 0 Å².